The fourth-order valence-electron chi connectivity index (χ4n) is 1.78. The van der Waals surface area contributed by atoms with E-state index in [1.54, 1.807) is 18.2 Å². The van der Waals surface area contributed by atoms with Gasteiger partial charge in [0.1, 0.15) is 18.1 Å². The Hall–Kier alpha value is -2.37. The molecule has 6 heteroatoms. The van der Waals surface area contributed by atoms with Crippen LogP contribution in [0.15, 0.2) is 42.5 Å². The fraction of sp³-hybridized carbons (Fsp3) is 0.200. The van der Waals surface area contributed by atoms with Gasteiger partial charge in [-0.15, -0.1) is 0 Å². The number of hydrogen-bond donors (Lipinski definition) is 1. The van der Waals surface area contributed by atoms with E-state index in [4.69, 9.17) is 15.2 Å². The Balaban J connectivity index is 2.01. The number of benzene rings is 2. The average Bonchev–Trinajstić information content (AvgIpc) is 2.45. The van der Waals surface area contributed by atoms with Crippen LogP contribution in [0, 0.1) is 0 Å². The van der Waals surface area contributed by atoms with Crippen LogP contribution >= 0.6 is 0 Å². The molecule has 0 aromatic heterocycles. The Labute approximate surface area is 120 Å². The van der Waals surface area contributed by atoms with Crippen molar-refractivity contribution >= 4 is 5.69 Å². The molecule has 0 spiro atoms. The van der Waals surface area contributed by atoms with Crippen molar-refractivity contribution in [2.24, 2.45) is 0 Å². The summed E-state index contributed by atoms with van der Waals surface area (Å²) < 4.78 is 47.7. The van der Waals surface area contributed by atoms with Gasteiger partial charge in [-0.05, 0) is 42.0 Å². The maximum absolute atomic E-state index is 12.4. The number of anilines is 1. The van der Waals surface area contributed by atoms with Crippen molar-refractivity contribution in [2.75, 3.05) is 12.8 Å². The van der Waals surface area contributed by atoms with Gasteiger partial charge in [0.25, 0.3) is 0 Å². The van der Waals surface area contributed by atoms with Crippen molar-refractivity contribution in [1.82, 2.24) is 0 Å². The molecule has 3 nitrogen and oxygen atoms in total. The highest BCUT2D eigenvalue weighted by Crippen LogP contribution is 2.30. The molecule has 0 unspecified atom stereocenters. The minimum absolute atomic E-state index is 0.208. The highest BCUT2D eigenvalue weighted by molar-refractivity contribution is 5.54. The topological polar surface area (TPSA) is 44.5 Å². The van der Waals surface area contributed by atoms with Crippen LogP contribution in [0.2, 0.25) is 0 Å². The predicted octanol–water partition coefficient (Wildman–Crippen LogP) is 3.88. The number of nitrogen functional groups attached to an aromatic ring is 1. The quantitative estimate of drug-likeness (QED) is 0.871. The lowest BCUT2D eigenvalue weighted by Crippen LogP contribution is -2.04. The van der Waals surface area contributed by atoms with Crippen LogP contribution in [0.4, 0.5) is 18.9 Å². The highest BCUT2D eigenvalue weighted by Gasteiger charge is 2.29. The predicted molar refractivity (Wildman–Crippen MR) is 73.2 cm³/mol. The van der Waals surface area contributed by atoms with Crippen LogP contribution in [-0.4, -0.2) is 7.11 Å². The third-order valence-corrected chi connectivity index (χ3v) is 2.88. The summed E-state index contributed by atoms with van der Waals surface area (Å²) in [6, 6.07) is 9.73. The van der Waals surface area contributed by atoms with Gasteiger partial charge in [-0.2, -0.15) is 13.2 Å². The van der Waals surface area contributed by atoms with Crippen LogP contribution < -0.4 is 15.2 Å². The molecule has 0 heterocycles. The van der Waals surface area contributed by atoms with E-state index >= 15 is 0 Å². The first-order chi connectivity index (χ1) is 9.90. The third-order valence-electron chi connectivity index (χ3n) is 2.88. The van der Waals surface area contributed by atoms with Gasteiger partial charge in [0.2, 0.25) is 0 Å². The SMILES string of the molecule is COc1ccc(COc2ccc(C(F)(F)F)cc2)cc1N. The normalized spacial score (nSPS) is 11.2. The number of rotatable bonds is 4. The Bertz CT molecular complexity index is 609. The molecule has 0 amide bonds. The lowest BCUT2D eigenvalue weighted by atomic mass is 10.2. The molecule has 0 aliphatic heterocycles. The molecule has 2 aromatic rings. The first kappa shape index (κ1) is 15.0. The minimum atomic E-state index is -4.34. The van der Waals surface area contributed by atoms with Gasteiger partial charge in [0, 0.05) is 0 Å². The van der Waals surface area contributed by atoms with Crippen LogP contribution in [0.3, 0.4) is 0 Å². The molecule has 112 valence electrons. The van der Waals surface area contributed by atoms with Gasteiger partial charge < -0.3 is 15.2 Å². The van der Waals surface area contributed by atoms with Gasteiger partial charge in [0.05, 0.1) is 18.4 Å². The summed E-state index contributed by atoms with van der Waals surface area (Å²) in [6.45, 7) is 0.208. The molecule has 0 aliphatic carbocycles. The van der Waals surface area contributed by atoms with Crippen molar-refractivity contribution in [3.8, 4) is 11.5 Å². The van der Waals surface area contributed by atoms with Crippen molar-refractivity contribution in [2.45, 2.75) is 12.8 Å². The molecular formula is C15H14F3NO2. The zero-order valence-corrected chi connectivity index (χ0v) is 11.3. The number of halogens is 3. The Morgan fingerprint density at radius 3 is 2.24 bits per heavy atom. The largest absolute Gasteiger partial charge is 0.495 e. The van der Waals surface area contributed by atoms with Crippen molar-refractivity contribution < 1.29 is 22.6 Å². The van der Waals surface area contributed by atoms with E-state index in [1.807, 2.05) is 0 Å². The van der Waals surface area contributed by atoms with E-state index in [1.165, 1.54) is 19.2 Å². The fourth-order valence-corrected chi connectivity index (χ4v) is 1.78. The number of methoxy groups -OCH3 is 1. The van der Waals surface area contributed by atoms with Crippen LogP contribution in [-0.2, 0) is 12.8 Å². The zero-order valence-electron chi connectivity index (χ0n) is 11.3. The van der Waals surface area contributed by atoms with Gasteiger partial charge in [-0.1, -0.05) is 6.07 Å². The second kappa shape index (κ2) is 5.95. The van der Waals surface area contributed by atoms with Gasteiger partial charge >= 0.3 is 6.18 Å². The van der Waals surface area contributed by atoms with Crippen LogP contribution in [0.1, 0.15) is 11.1 Å². The van der Waals surface area contributed by atoms with Gasteiger partial charge in [-0.3, -0.25) is 0 Å². The van der Waals surface area contributed by atoms with E-state index in [0.29, 0.717) is 17.2 Å². The Morgan fingerprint density at radius 2 is 1.71 bits per heavy atom. The van der Waals surface area contributed by atoms with Crippen molar-refractivity contribution in [3.63, 3.8) is 0 Å². The lowest BCUT2D eigenvalue weighted by molar-refractivity contribution is -0.137. The summed E-state index contributed by atoms with van der Waals surface area (Å²) in [5.74, 6) is 0.922. The third kappa shape index (κ3) is 3.81. The highest BCUT2D eigenvalue weighted by atomic mass is 19.4. The maximum atomic E-state index is 12.4. The smallest absolute Gasteiger partial charge is 0.416 e. The Kier molecular flexibility index (Phi) is 4.26. The molecule has 21 heavy (non-hydrogen) atoms. The van der Waals surface area contributed by atoms with E-state index in [2.05, 4.69) is 0 Å². The molecule has 0 atom stereocenters. The summed E-state index contributed by atoms with van der Waals surface area (Å²) in [5, 5.41) is 0. The molecular weight excluding hydrogens is 283 g/mol. The molecule has 0 bridgehead atoms. The molecule has 2 aromatic carbocycles. The molecule has 0 radical (unpaired) electrons. The van der Waals surface area contributed by atoms with Gasteiger partial charge in [-0.25, -0.2) is 0 Å². The molecule has 0 saturated heterocycles. The van der Waals surface area contributed by atoms with Crippen LogP contribution in [0.5, 0.6) is 11.5 Å². The van der Waals surface area contributed by atoms with E-state index in [9.17, 15) is 13.2 Å². The van der Waals surface area contributed by atoms with E-state index in [-0.39, 0.29) is 6.61 Å². The number of alkyl halides is 3. The summed E-state index contributed by atoms with van der Waals surface area (Å²) in [6.07, 6.45) is -4.34. The van der Waals surface area contributed by atoms with Crippen molar-refractivity contribution in [3.05, 3.63) is 53.6 Å². The molecule has 0 fully saturated rings. The first-order valence-electron chi connectivity index (χ1n) is 6.12. The molecule has 0 saturated carbocycles. The molecule has 2 N–H and O–H groups in total. The monoisotopic (exact) mass is 297 g/mol. The standard InChI is InChI=1S/C15H14F3NO2/c1-20-14-7-2-10(8-13(14)19)9-21-12-5-3-11(4-6-12)15(16,17)18/h2-8H,9,19H2,1H3. The second-order valence-electron chi connectivity index (χ2n) is 4.39. The Morgan fingerprint density at radius 1 is 1.05 bits per heavy atom. The first-order valence-corrected chi connectivity index (χ1v) is 6.12. The summed E-state index contributed by atoms with van der Waals surface area (Å²) >= 11 is 0. The second-order valence-corrected chi connectivity index (χ2v) is 4.39. The van der Waals surface area contributed by atoms with Crippen molar-refractivity contribution in [1.29, 1.82) is 0 Å². The average molecular weight is 297 g/mol. The summed E-state index contributed by atoms with van der Waals surface area (Å²) in [5.41, 5.74) is 6.34. The number of hydrogen-bond acceptors (Lipinski definition) is 3. The molecule has 2 rings (SSSR count). The zero-order chi connectivity index (χ0) is 15.5. The van der Waals surface area contributed by atoms with E-state index < -0.39 is 11.7 Å². The number of ether oxygens (including phenoxy) is 2. The number of nitrogens with two attached hydrogens (primary N) is 1. The van der Waals surface area contributed by atoms with Crippen LogP contribution in [0.25, 0.3) is 0 Å². The summed E-state index contributed by atoms with van der Waals surface area (Å²) in [7, 11) is 1.52. The summed E-state index contributed by atoms with van der Waals surface area (Å²) in [4.78, 5) is 0. The lowest BCUT2D eigenvalue weighted by Gasteiger charge is -2.10. The minimum Gasteiger partial charge on any atom is -0.495 e. The molecule has 0 aliphatic rings. The van der Waals surface area contributed by atoms with Gasteiger partial charge in [0.15, 0.2) is 0 Å². The maximum Gasteiger partial charge on any atom is 0.416 e. The van der Waals surface area contributed by atoms with E-state index in [0.717, 1.165) is 17.7 Å².